The monoisotopic (exact) mass is 504 g/mol. The van der Waals surface area contributed by atoms with Crippen molar-refractivity contribution in [3.8, 4) is 11.5 Å². The van der Waals surface area contributed by atoms with E-state index in [0.717, 1.165) is 50.4 Å². The summed E-state index contributed by atoms with van der Waals surface area (Å²) in [5, 5.41) is 17.0. The van der Waals surface area contributed by atoms with Crippen molar-refractivity contribution in [1.82, 2.24) is 10.2 Å². The van der Waals surface area contributed by atoms with Crippen LogP contribution < -0.4 is 4.74 Å². The van der Waals surface area contributed by atoms with Gasteiger partial charge in [-0.05, 0) is 82.3 Å². The number of carbonyl (C=O) groups is 1. The van der Waals surface area contributed by atoms with Crippen LogP contribution in [0.2, 0.25) is 0 Å². The maximum atomic E-state index is 15.3. The van der Waals surface area contributed by atoms with Crippen molar-refractivity contribution in [1.29, 1.82) is 0 Å². The lowest BCUT2D eigenvalue weighted by molar-refractivity contribution is -0.131. The largest absolute Gasteiger partial charge is 0.478 e. The number of halogens is 1. The first-order chi connectivity index (χ1) is 18.5. The lowest BCUT2D eigenvalue weighted by Crippen LogP contribution is -1.97. The van der Waals surface area contributed by atoms with Crippen LogP contribution in [0.25, 0.3) is 28.1 Å². The fourth-order valence-corrected chi connectivity index (χ4v) is 4.45. The van der Waals surface area contributed by atoms with Gasteiger partial charge in [-0.1, -0.05) is 61.5 Å². The third kappa shape index (κ3) is 5.39. The Balaban J connectivity index is 1.62. The third-order valence-electron chi connectivity index (χ3n) is 6.25. The van der Waals surface area contributed by atoms with Gasteiger partial charge in [0.2, 0.25) is 0 Å². The Labute approximate surface area is 219 Å². The van der Waals surface area contributed by atoms with E-state index in [9.17, 15) is 4.79 Å². The van der Waals surface area contributed by atoms with Crippen molar-refractivity contribution in [3.05, 3.63) is 131 Å². The fourth-order valence-electron chi connectivity index (χ4n) is 4.45. The number of H-pyrrole nitrogens is 1. The van der Waals surface area contributed by atoms with Crippen molar-refractivity contribution in [2.24, 2.45) is 0 Å². The molecule has 2 N–H and O–H groups in total. The molecular formula is C32H25FN2O3. The van der Waals surface area contributed by atoms with E-state index < -0.39 is 11.8 Å². The molecule has 5 nitrogen and oxygen atoms in total. The van der Waals surface area contributed by atoms with E-state index in [1.807, 2.05) is 67.6 Å². The Kier molecular flexibility index (Phi) is 7.13. The Bertz CT molecular complexity index is 1650. The van der Waals surface area contributed by atoms with Crippen LogP contribution in [-0.4, -0.2) is 21.3 Å². The topological polar surface area (TPSA) is 75.2 Å². The molecule has 1 aromatic heterocycles. The van der Waals surface area contributed by atoms with Crippen molar-refractivity contribution in [2.45, 2.75) is 13.3 Å². The summed E-state index contributed by atoms with van der Waals surface area (Å²) in [4.78, 5) is 10.9. The normalized spacial score (nSPS) is 12.1. The molecule has 0 bridgehead atoms. The van der Waals surface area contributed by atoms with Gasteiger partial charge >= 0.3 is 5.97 Å². The van der Waals surface area contributed by atoms with Gasteiger partial charge in [0, 0.05) is 11.5 Å². The number of nitrogens with zero attached hydrogens (tertiary/aromatic N) is 1. The van der Waals surface area contributed by atoms with Crippen LogP contribution in [-0.2, 0) is 4.79 Å². The molecule has 0 atom stereocenters. The minimum Gasteiger partial charge on any atom is -0.478 e. The molecule has 0 aliphatic rings. The molecule has 0 saturated heterocycles. The van der Waals surface area contributed by atoms with Gasteiger partial charge < -0.3 is 9.84 Å². The van der Waals surface area contributed by atoms with Crippen molar-refractivity contribution >= 4 is 34.1 Å². The summed E-state index contributed by atoms with van der Waals surface area (Å²) in [7, 11) is 0. The van der Waals surface area contributed by atoms with Crippen LogP contribution in [0.15, 0.2) is 103 Å². The number of nitrogens with one attached hydrogen (secondary N) is 1. The zero-order valence-corrected chi connectivity index (χ0v) is 20.7. The van der Waals surface area contributed by atoms with Crippen LogP contribution in [0.3, 0.4) is 0 Å². The molecule has 5 rings (SSSR count). The first-order valence-corrected chi connectivity index (χ1v) is 12.2. The molecule has 38 heavy (non-hydrogen) atoms. The number of benzene rings is 4. The van der Waals surface area contributed by atoms with Crippen molar-refractivity contribution in [3.63, 3.8) is 0 Å². The van der Waals surface area contributed by atoms with E-state index in [1.54, 1.807) is 30.5 Å². The van der Waals surface area contributed by atoms with Gasteiger partial charge in [0.1, 0.15) is 5.75 Å². The maximum Gasteiger partial charge on any atom is 0.328 e. The van der Waals surface area contributed by atoms with Gasteiger partial charge in [0.25, 0.3) is 0 Å². The molecule has 0 spiro atoms. The van der Waals surface area contributed by atoms with Gasteiger partial charge in [0.15, 0.2) is 11.6 Å². The van der Waals surface area contributed by atoms with Crippen molar-refractivity contribution in [2.75, 3.05) is 0 Å². The summed E-state index contributed by atoms with van der Waals surface area (Å²) in [5.41, 5.74) is 6.27. The molecule has 0 fully saturated rings. The second kappa shape index (κ2) is 11.0. The van der Waals surface area contributed by atoms with Crippen LogP contribution in [0.5, 0.6) is 11.5 Å². The zero-order chi connectivity index (χ0) is 26.5. The number of rotatable bonds is 8. The lowest BCUT2D eigenvalue weighted by atomic mass is 9.87. The highest BCUT2D eigenvalue weighted by Crippen LogP contribution is 2.37. The highest BCUT2D eigenvalue weighted by atomic mass is 19.1. The second-order valence-electron chi connectivity index (χ2n) is 8.73. The molecule has 6 heteroatoms. The number of allylic oxidation sites excluding steroid dienone is 1. The number of aromatic amines is 1. The van der Waals surface area contributed by atoms with E-state index in [0.29, 0.717) is 12.2 Å². The van der Waals surface area contributed by atoms with Crippen LogP contribution in [0.4, 0.5) is 4.39 Å². The van der Waals surface area contributed by atoms with Crippen molar-refractivity contribution < 1.29 is 19.0 Å². The summed E-state index contributed by atoms with van der Waals surface area (Å²) >= 11 is 0. The van der Waals surface area contributed by atoms with Gasteiger partial charge in [-0.25, -0.2) is 9.18 Å². The van der Waals surface area contributed by atoms with Gasteiger partial charge in [0.05, 0.1) is 11.7 Å². The van der Waals surface area contributed by atoms with Gasteiger partial charge in [-0.2, -0.15) is 5.10 Å². The molecular weight excluding hydrogens is 479 g/mol. The van der Waals surface area contributed by atoms with E-state index >= 15 is 4.39 Å². The molecule has 188 valence electrons. The average Bonchev–Trinajstić information content (AvgIpc) is 3.41. The van der Waals surface area contributed by atoms with E-state index in [2.05, 4.69) is 16.3 Å². The number of carboxylic acids is 1. The molecule has 1 heterocycles. The van der Waals surface area contributed by atoms with Gasteiger partial charge in [-0.15, -0.1) is 0 Å². The predicted octanol–water partition coefficient (Wildman–Crippen LogP) is 7.96. The highest BCUT2D eigenvalue weighted by Gasteiger charge is 2.16. The highest BCUT2D eigenvalue weighted by molar-refractivity contribution is 6.00. The Morgan fingerprint density at radius 1 is 0.947 bits per heavy atom. The molecule has 0 unspecified atom stereocenters. The molecule has 5 aromatic rings. The summed E-state index contributed by atoms with van der Waals surface area (Å²) in [5.74, 6) is -0.725. The summed E-state index contributed by atoms with van der Waals surface area (Å²) in [6.07, 6.45) is 5.08. The molecule has 0 aliphatic heterocycles. The Hall–Kier alpha value is -4.97. The number of hydrogen-bond acceptors (Lipinski definition) is 3. The lowest BCUT2D eigenvalue weighted by Gasteiger charge is -2.17. The Morgan fingerprint density at radius 3 is 2.39 bits per heavy atom. The van der Waals surface area contributed by atoms with E-state index in [-0.39, 0.29) is 5.75 Å². The first kappa shape index (κ1) is 24.7. The Morgan fingerprint density at radius 2 is 1.68 bits per heavy atom. The fraction of sp³-hybridized carbons (Fsp3) is 0.0625. The number of para-hydroxylation sites is 1. The standard InChI is InChI=1S/C32H25FN2O3/c1-2-27(23-14-16-30(28(33)19-23)38-26-6-4-3-5-7-26)32(24-13-15-29-25(18-24)20-34-35-29)22-11-8-21(9-12-22)10-17-31(36)37/h3-20H,2H2,1H3,(H,34,35)(H,36,37)/b17-10+,32-27+. The number of aliphatic carboxylic acids is 1. The smallest absolute Gasteiger partial charge is 0.328 e. The van der Waals surface area contributed by atoms with E-state index in [1.165, 1.54) is 6.07 Å². The predicted molar refractivity (Wildman–Crippen MR) is 148 cm³/mol. The molecule has 4 aromatic carbocycles. The number of hydrogen-bond donors (Lipinski definition) is 2. The van der Waals surface area contributed by atoms with E-state index in [4.69, 9.17) is 9.84 Å². The van der Waals surface area contributed by atoms with Crippen LogP contribution >= 0.6 is 0 Å². The number of aromatic nitrogens is 2. The van der Waals surface area contributed by atoms with Gasteiger partial charge in [-0.3, -0.25) is 5.10 Å². The molecule has 0 saturated carbocycles. The van der Waals surface area contributed by atoms with Crippen LogP contribution in [0.1, 0.15) is 35.6 Å². The van der Waals surface area contributed by atoms with Crippen LogP contribution in [0, 0.1) is 5.82 Å². The SMILES string of the molecule is CC/C(=C(/c1ccc(/C=C/C(=O)O)cc1)c1ccc2[nH]ncc2c1)c1ccc(Oc2ccccc2)c(F)c1. The summed E-state index contributed by atoms with van der Waals surface area (Å²) < 4.78 is 21.0. The molecule has 0 radical (unpaired) electrons. The minimum absolute atomic E-state index is 0.159. The quantitative estimate of drug-likeness (QED) is 0.166. The first-order valence-electron chi connectivity index (χ1n) is 12.2. The number of fused-ring (bicyclic) bond motifs is 1. The average molecular weight is 505 g/mol. The second-order valence-corrected chi connectivity index (χ2v) is 8.73. The molecule has 0 aliphatic carbocycles. The minimum atomic E-state index is -1.00. The zero-order valence-electron chi connectivity index (χ0n) is 20.7. The summed E-state index contributed by atoms with van der Waals surface area (Å²) in [6.45, 7) is 2.04. The molecule has 0 amide bonds. The third-order valence-corrected chi connectivity index (χ3v) is 6.25. The maximum absolute atomic E-state index is 15.3. The number of ether oxygens (including phenoxy) is 1. The summed E-state index contributed by atoms with van der Waals surface area (Å²) in [6, 6.07) is 27.9. The number of carboxylic acid groups (broad SMARTS) is 1.